The molecule has 0 radical (unpaired) electrons. The Morgan fingerprint density at radius 3 is 2.62 bits per heavy atom. The van der Waals surface area contributed by atoms with Crippen LogP contribution < -0.4 is 0 Å². The van der Waals surface area contributed by atoms with Gasteiger partial charge in [0.1, 0.15) is 0 Å². The van der Waals surface area contributed by atoms with Crippen molar-refractivity contribution >= 4 is 11.3 Å². The van der Waals surface area contributed by atoms with Crippen LogP contribution >= 0.6 is 11.3 Å². The van der Waals surface area contributed by atoms with Crippen LogP contribution in [-0.2, 0) is 6.42 Å². The minimum Gasteiger partial charge on any atom is -0.250 e. The van der Waals surface area contributed by atoms with E-state index in [4.69, 9.17) is 0 Å². The average molecular weight is 209 g/mol. The van der Waals surface area contributed by atoms with Crippen molar-refractivity contribution in [3.05, 3.63) is 16.6 Å². The summed E-state index contributed by atoms with van der Waals surface area (Å²) in [4.78, 5) is 3.84. The topological polar surface area (TPSA) is 12.9 Å². The summed E-state index contributed by atoms with van der Waals surface area (Å²) in [5.74, 6) is -1.25. The molecule has 74 valence electrons. The lowest BCUT2D eigenvalue weighted by molar-refractivity contribution is -0.174. The summed E-state index contributed by atoms with van der Waals surface area (Å²) in [6.45, 7) is 1.55. The first kappa shape index (κ1) is 10.5. The molecular weight excluding hydrogens is 199 g/mol. The Hall–Kier alpha value is -0.580. The second-order valence-electron chi connectivity index (χ2n) is 2.78. The van der Waals surface area contributed by atoms with Crippen molar-refractivity contribution in [2.24, 2.45) is 5.92 Å². The fourth-order valence-corrected chi connectivity index (χ4v) is 1.75. The van der Waals surface area contributed by atoms with Gasteiger partial charge in [0.15, 0.2) is 0 Å². The fourth-order valence-electron chi connectivity index (χ4n) is 1.06. The van der Waals surface area contributed by atoms with Crippen LogP contribution in [-0.4, -0.2) is 11.2 Å². The van der Waals surface area contributed by atoms with Gasteiger partial charge < -0.3 is 0 Å². The van der Waals surface area contributed by atoms with Gasteiger partial charge in [0.2, 0.25) is 0 Å². The van der Waals surface area contributed by atoms with Gasteiger partial charge in [-0.25, -0.2) is 4.98 Å². The normalized spacial score (nSPS) is 14.5. The van der Waals surface area contributed by atoms with Crippen molar-refractivity contribution in [1.29, 1.82) is 0 Å². The Morgan fingerprint density at radius 1 is 1.54 bits per heavy atom. The van der Waals surface area contributed by atoms with Gasteiger partial charge in [-0.1, -0.05) is 6.92 Å². The van der Waals surface area contributed by atoms with Crippen molar-refractivity contribution in [2.75, 3.05) is 0 Å². The highest BCUT2D eigenvalue weighted by atomic mass is 32.1. The Labute approximate surface area is 78.6 Å². The van der Waals surface area contributed by atoms with Gasteiger partial charge in [-0.15, -0.1) is 11.3 Å². The molecule has 13 heavy (non-hydrogen) atoms. The molecule has 0 aromatic carbocycles. The summed E-state index contributed by atoms with van der Waals surface area (Å²) in [6, 6.07) is 0. The molecular formula is C8H10F3NS. The number of rotatable bonds is 3. The number of halogens is 3. The smallest absolute Gasteiger partial charge is 0.250 e. The first-order chi connectivity index (χ1) is 6.04. The maximum Gasteiger partial charge on any atom is 0.392 e. The van der Waals surface area contributed by atoms with Crippen LogP contribution in [0.1, 0.15) is 18.4 Å². The van der Waals surface area contributed by atoms with Crippen molar-refractivity contribution in [2.45, 2.75) is 25.9 Å². The predicted molar refractivity (Wildman–Crippen MR) is 45.7 cm³/mol. The quantitative estimate of drug-likeness (QED) is 0.744. The van der Waals surface area contributed by atoms with Gasteiger partial charge in [0, 0.05) is 18.0 Å². The van der Waals surface area contributed by atoms with Gasteiger partial charge >= 0.3 is 6.18 Å². The van der Waals surface area contributed by atoms with E-state index < -0.39 is 12.1 Å². The molecule has 1 heterocycles. The Kier molecular flexibility index (Phi) is 3.30. The monoisotopic (exact) mass is 209 g/mol. The molecule has 1 aromatic rings. The van der Waals surface area contributed by atoms with E-state index in [0.717, 1.165) is 0 Å². The molecule has 1 atom stereocenters. The number of nitrogens with zero attached hydrogens (tertiary/aromatic N) is 1. The van der Waals surface area contributed by atoms with Gasteiger partial charge in [-0.2, -0.15) is 13.2 Å². The van der Waals surface area contributed by atoms with E-state index in [-0.39, 0.29) is 12.8 Å². The molecule has 1 unspecified atom stereocenters. The summed E-state index contributed by atoms with van der Waals surface area (Å²) >= 11 is 1.27. The third kappa shape index (κ3) is 2.99. The maximum atomic E-state index is 12.3. The Morgan fingerprint density at radius 2 is 2.23 bits per heavy atom. The van der Waals surface area contributed by atoms with Crippen molar-refractivity contribution < 1.29 is 13.2 Å². The molecule has 0 aliphatic carbocycles. The molecule has 1 nitrogen and oxygen atoms in total. The zero-order valence-corrected chi connectivity index (χ0v) is 7.95. The van der Waals surface area contributed by atoms with E-state index in [0.29, 0.717) is 5.01 Å². The number of alkyl halides is 3. The summed E-state index contributed by atoms with van der Waals surface area (Å²) in [5.41, 5.74) is 0. The van der Waals surface area contributed by atoms with Crippen LogP contribution in [0.3, 0.4) is 0 Å². The number of hydrogen-bond donors (Lipinski definition) is 0. The van der Waals surface area contributed by atoms with Gasteiger partial charge in [0.05, 0.1) is 10.9 Å². The highest BCUT2D eigenvalue weighted by molar-refractivity contribution is 7.09. The molecule has 1 aromatic heterocycles. The van der Waals surface area contributed by atoms with E-state index in [1.54, 1.807) is 12.3 Å². The molecule has 0 amide bonds. The Bertz CT molecular complexity index is 242. The van der Waals surface area contributed by atoms with E-state index in [1.807, 2.05) is 0 Å². The SMILES string of the molecule is CCC(Cc1nccs1)C(F)(F)F. The largest absolute Gasteiger partial charge is 0.392 e. The van der Waals surface area contributed by atoms with Crippen LogP contribution in [0, 0.1) is 5.92 Å². The summed E-state index contributed by atoms with van der Waals surface area (Å²) in [6.07, 6.45) is -2.44. The second kappa shape index (κ2) is 4.09. The highest BCUT2D eigenvalue weighted by Crippen LogP contribution is 2.31. The van der Waals surface area contributed by atoms with Crippen LogP contribution in [0.5, 0.6) is 0 Å². The van der Waals surface area contributed by atoms with E-state index in [9.17, 15) is 13.2 Å². The first-order valence-corrected chi connectivity index (χ1v) is 4.87. The summed E-state index contributed by atoms with van der Waals surface area (Å²) < 4.78 is 36.9. The molecule has 0 aliphatic rings. The molecule has 1 rings (SSSR count). The van der Waals surface area contributed by atoms with Crippen molar-refractivity contribution in [3.8, 4) is 0 Å². The second-order valence-corrected chi connectivity index (χ2v) is 3.76. The molecule has 0 bridgehead atoms. The summed E-state index contributed by atoms with van der Waals surface area (Å²) in [5, 5.41) is 2.25. The van der Waals surface area contributed by atoms with E-state index in [1.165, 1.54) is 17.5 Å². The molecule has 0 N–H and O–H groups in total. The zero-order valence-electron chi connectivity index (χ0n) is 7.14. The van der Waals surface area contributed by atoms with Crippen molar-refractivity contribution in [3.63, 3.8) is 0 Å². The minimum atomic E-state index is -4.10. The summed E-state index contributed by atoms with van der Waals surface area (Å²) in [7, 11) is 0. The van der Waals surface area contributed by atoms with Gasteiger partial charge in [-0.3, -0.25) is 0 Å². The minimum absolute atomic E-state index is 0.0116. The molecule has 5 heteroatoms. The lowest BCUT2D eigenvalue weighted by Crippen LogP contribution is -2.24. The average Bonchev–Trinajstić information content (AvgIpc) is 2.49. The number of thiazole rings is 1. The van der Waals surface area contributed by atoms with Crippen LogP contribution in [0.25, 0.3) is 0 Å². The van der Waals surface area contributed by atoms with Crippen LogP contribution in [0.2, 0.25) is 0 Å². The van der Waals surface area contributed by atoms with Crippen LogP contribution in [0.15, 0.2) is 11.6 Å². The third-order valence-corrected chi connectivity index (χ3v) is 2.66. The Balaban J connectivity index is 2.60. The van der Waals surface area contributed by atoms with Crippen LogP contribution in [0.4, 0.5) is 13.2 Å². The third-order valence-electron chi connectivity index (χ3n) is 1.86. The maximum absolute atomic E-state index is 12.3. The fraction of sp³-hybridized carbons (Fsp3) is 0.625. The number of hydrogen-bond acceptors (Lipinski definition) is 2. The predicted octanol–water partition coefficient (Wildman–Crippen LogP) is 3.27. The lowest BCUT2D eigenvalue weighted by atomic mass is 10.0. The lowest BCUT2D eigenvalue weighted by Gasteiger charge is -2.16. The zero-order chi connectivity index (χ0) is 9.90. The number of aromatic nitrogens is 1. The van der Waals surface area contributed by atoms with Gasteiger partial charge in [-0.05, 0) is 6.42 Å². The van der Waals surface area contributed by atoms with E-state index in [2.05, 4.69) is 4.98 Å². The standard InChI is InChI=1S/C8H10F3NS/c1-2-6(8(9,10)11)5-7-12-3-4-13-7/h3-4,6H,2,5H2,1H3. The molecule has 0 aliphatic heterocycles. The molecule has 0 saturated carbocycles. The molecule has 0 fully saturated rings. The van der Waals surface area contributed by atoms with E-state index >= 15 is 0 Å². The van der Waals surface area contributed by atoms with Gasteiger partial charge in [0.25, 0.3) is 0 Å². The molecule has 0 saturated heterocycles. The first-order valence-electron chi connectivity index (χ1n) is 3.99. The molecule has 0 spiro atoms. The van der Waals surface area contributed by atoms with Crippen molar-refractivity contribution in [1.82, 2.24) is 4.98 Å². The highest BCUT2D eigenvalue weighted by Gasteiger charge is 2.38.